The van der Waals surface area contributed by atoms with Gasteiger partial charge in [-0.15, -0.1) is 0 Å². The standard InChI is InChI=1S/C27H46Cl2N2O5Si2.C20H34Cl2N2O4Si2.C15H18Cl2N2O3.C14H20O4S/c1-37(2,3)13-11-33-18-31-23-15-22(28)25(29)27(36-16-20-7-9-21(32)10-8-20)26(23)30-24(31)17-35-19-34-12-14-38(4,5)6;1-29(2,3)9-7-26-13-24-16-11-15(21)18(22)20(25)19(16)23-17(24)12-28-14-27-8-10-30(4,5)6;16-10-5-11-14(19-12(6-20)18-11)15(13(10)17)22-7-8-1-3-9(21)4-2-8;1-11-2-8-14(9-3-11)19(16,17)18-10-12-4-6-13(15)7-5-12/h15,20-21,32H,7-14,16-19H2,1-6H3;11,25H,7-10,12-14H2,1-6H3;5,8-9,20-21H,1-4,6-7H2,(H,18,19);2-3,8-9,12-13,15H,4-7,10H2,1H3. The highest BCUT2D eigenvalue weighted by Gasteiger charge is 2.29. The molecule has 22 nitrogen and oxygen atoms in total. The summed E-state index contributed by atoms with van der Waals surface area (Å²) in [5, 5.41) is 50.2. The number of H-pyrrole nitrogens is 1. The molecule has 109 heavy (non-hydrogen) atoms. The van der Waals surface area contributed by atoms with Crippen LogP contribution in [0.2, 0.25) is 133 Å². The van der Waals surface area contributed by atoms with Crippen molar-refractivity contribution in [1.29, 1.82) is 0 Å². The molecule has 0 amide bonds. The molecule has 10 rings (SSSR count). The lowest BCUT2D eigenvalue weighted by Crippen LogP contribution is -2.23. The largest absolute Gasteiger partial charge is 0.504 e. The number of aromatic amines is 1. The molecular formula is C76H118Cl6N6O16SSi4. The second kappa shape index (κ2) is 43.7. The zero-order valence-corrected chi connectivity index (χ0v) is 75.2. The summed E-state index contributed by atoms with van der Waals surface area (Å²) in [6.45, 7) is 35.1. The molecule has 33 heteroatoms. The number of aromatic nitrogens is 6. The molecule has 3 heterocycles. The highest BCUT2D eigenvalue weighted by atomic mass is 35.5. The third-order valence-corrected chi connectivity index (χ3v) is 29.6. The normalized spacial score (nSPS) is 18.8. The number of phenols is 1. The molecule has 0 unspecified atom stereocenters. The van der Waals surface area contributed by atoms with Crippen LogP contribution in [0.4, 0.5) is 0 Å². The number of benzene rings is 4. The quantitative estimate of drug-likeness (QED) is 0.00931. The van der Waals surface area contributed by atoms with E-state index in [-0.39, 0.29) is 84.9 Å². The van der Waals surface area contributed by atoms with Gasteiger partial charge in [0.2, 0.25) is 0 Å². The molecule has 0 aliphatic heterocycles. The van der Waals surface area contributed by atoms with E-state index >= 15 is 0 Å². The van der Waals surface area contributed by atoms with E-state index < -0.39 is 42.4 Å². The van der Waals surface area contributed by atoms with Gasteiger partial charge >= 0.3 is 0 Å². The number of aryl methyl sites for hydroxylation is 1. The van der Waals surface area contributed by atoms with Gasteiger partial charge in [-0.25, -0.2) is 15.0 Å². The summed E-state index contributed by atoms with van der Waals surface area (Å²) in [5.41, 5.74) is 4.79. The number of phenolic OH excluding ortho intramolecular Hbond substituents is 1. The van der Waals surface area contributed by atoms with E-state index in [4.69, 9.17) is 117 Å². The van der Waals surface area contributed by atoms with Gasteiger partial charge in [0.1, 0.15) is 96.0 Å². The van der Waals surface area contributed by atoms with Crippen molar-refractivity contribution in [3.8, 4) is 17.2 Å². The van der Waals surface area contributed by atoms with Gasteiger partial charge in [-0.3, -0.25) is 4.18 Å². The van der Waals surface area contributed by atoms with E-state index in [2.05, 4.69) is 93.5 Å². The molecule has 6 N–H and O–H groups in total. The number of hydrogen-bond donors (Lipinski definition) is 6. The molecular weight excluding hydrogens is 1610 g/mol. The highest BCUT2D eigenvalue weighted by Crippen LogP contribution is 2.43. The van der Waals surface area contributed by atoms with E-state index in [1.54, 1.807) is 36.4 Å². The number of nitrogens with zero attached hydrogens (tertiary/aromatic N) is 5. The van der Waals surface area contributed by atoms with Crippen molar-refractivity contribution in [3.63, 3.8) is 0 Å². The Kier molecular flexibility index (Phi) is 37.3. The summed E-state index contributed by atoms with van der Waals surface area (Å²) in [6.07, 6.45) is 9.45. The van der Waals surface area contributed by atoms with Crippen LogP contribution >= 0.6 is 69.6 Å². The fourth-order valence-corrected chi connectivity index (χ4v) is 17.2. The first-order chi connectivity index (χ1) is 51.3. The maximum Gasteiger partial charge on any atom is 0.296 e. The van der Waals surface area contributed by atoms with Gasteiger partial charge in [0.25, 0.3) is 10.1 Å². The Hall–Kier alpha value is -3.19. The number of aliphatic hydroxyl groups is 4. The van der Waals surface area contributed by atoms with Gasteiger partial charge < -0.3 is 77.5 Å². The van der Waals surface area contributed by atoms with E-state index in [0.29, 0.717) is 142 Å². The first kappa shape index (κ1) is 93.0. The van der Waals surface area contributed by atoms with E-state index in [9.17, 15) is 34.0 Å². The van der Waals surface area contributed by atoms with Crippen molar-refractivity contribution in [2.24, 2.45) is 17.8 Å². The summed E-state index contributed by atoms with van der Waals surface area (Å²) in [6, 6.07) is 16.2. The maximum atomic E-state index is 12.0. The third-order valence-electron chi connectivity index (χ3n) is 19.2. The number of imidazole rings is 3. The smallest absolute Gasteiger partial charge is 0.296 e. The minimum absolute atomic E-state index is 0.0932. The molecule has 0 bridgehead atoms. The molecule has 0 saturated heterocycles. The molecule has 3 fully saturated rings. The van der Waals surface area contributed by atoms with Crippen molar-refractivity contribution in [3.05, 3.63) is 95.6 Å². The number of ether oxygens (including phenoxy) is 8. The molecule has 0 radical (unpaired) electrons. The molecule has 612 valence electrons. The van der Waals surface area contributed by atoms with Crippen LogP contribution in [0.5, 0.6) is 17.2 Å². The number of nitrogens with one attached hydrogen (secondary N) is 1. The van der Waals surface area contributed by atoms with Gasteiger partial charge in [-0.05, 0) is 156 Å². The zero-order chi connectivity index (χ0) is 80.0. The summed E-state index contributed by atoms with van der Waals surface area (Å²) in [4.78, 5) is 16.9. The van der Waals surface area contributed by atoms with Crippen molar-refractivity contribution in [2.75, 3.05) is 59.8 Å². The SMILES string of the molecule is C[Si](C)(C)CCOCOCc1nc2c(O)c(Cl)c(Cl)cc2n1COCC[Si](C)(C)C.C[Si](C)(C)CCOCOCc1nc2c(OCC3CCC(O)CC3)c(Cl)c(Cl)cc2n1COCC[Si](C)(C)C.Cc1ccc(S(=O)(=O)OCC2CCC(O)CC2)cc1.OCc1nc2c(OCC3CCC(O)CC3)c(Cl)c(Cl)cc2[nH]1. The van der Waals surface area contributed by atoms with Gasteiger partial charge in [0.15, 0.2) is 17.2 Å². The van der Waals surface area contributed by atoms with Crippen LogP contribution in [0.15, 0.2) is 47.4 Å². The molecule has 3 saturated carbocycles. The van der Waals surface area contributed by atoms with Crippen molar-refractivity contribution >= 4 is 145 Å². The molecule has 4 aromatic carbocycles. The molecule has 7 aromatic rings. The first-order valence-electron chi connectivity index (χ1n) is 37.9. The highest BCUT2D eigenvalue weighted by molar-refractivity contribution is 7.86. The van der Waals surface area contributed by atoms with Crippen LogP contribution < -0.4 is 9.47 Å². The fraction of sp³-hybridized carbons (Fsp3) is 0.645. The minimum atomic E-state index is -3.65. The summed E-state index contributed by atoms with van der Waals surface area (Å²) >= 11 is 37.8. The zero-order valence-electron chi connectivity index (χ0n) is 65.9. The second-order valence-electron chi connectivity index (χ2n) is 33.7. The van der Waals surface area contributed by atoms with E-state index in [1.807, 2.05) is 22.1 Å². The van der Waals surface area contributed by atoms with Gasteiger partial charge in [0.05, 0.1) is 74.6 Å². The average molecular weight is 1730 g/mol. The molecule has 3 aromatic heterocycles. The predicted octanol–water partition coefficient (Wildman–Crippen LogP) is 19.1. The molecule has 0 spiro atoms. The van der Waals surface area contributed by atoms with Crippen LogP contribution in [-0.2, 0) is 76.0 Å². The molecule has 0 atom stereocenters. The Balaban J connectivity index is 0.000000209. The number of hydrogen-bond acceptors (Lipinski definition) is 19. The lowest BCUT2D eigenvalue weighted by atomic mass is 9.88. The van der Waals surface area contributed by atoms with Crippen molar-refractivity contribution in [2.45, 2.75) is 243 Å². The van der Waals surface area contributed by atoms with E-state index in [1.165, 1.54) is 0 Å². The molecule has 3 aliphatic carbocycles. The number of rotatable bonds is 35. The Bertz CT molecular complexity index is 4080. The maximum absolute atomic E-state index is 12.0. The van der Waals surface area contributed by atoms with E-state index in [0.717, 1.165) is 112 Å². The van der Waals surface area contributed by atoms with Crippen LogP contribution in [0.1, 0.15) is 100 Å². The summed E-state index contributed by atoms with van der Waals surface area (Å²) in [7, 11) is -8.33. The monoisotopic (exact) mass is 1720 g/mol. The lowest BCUT2D eigenvalue weighted by molar-refractivity contribution is -0.0610. The lowest BCUT2D eigenvalue weighted by Gasteiger charge is -2.25. The fourth-order valence-electron chi connectivity index (χ4n) is 12.0. The van der Waals surface area contributed by atoms with Crippen LogP contribution in [0, 0.1) is 24.7 Å². The second-order valence-corrected chi connectivity index (χ2v) is 60.1. The minimum Gasteiger partial charge on any atom is -0.504 e. The van der Waals surface area contributed by atoms with Crippen molar-refractivity contribution < 1.29 is 76.0 Å². The van der Waals surface area contributed by atoms with Gasteiger partial charge in [-0.2, -0.15) is 8.42 Å². The Labute approximate surface area is 678 Å². The number of halogens is 6. The predicted molar refractivity (Wildman–Crippen MR) is 448 cm³/mol. The Morgan fingerprint density at radius 1 is 0.486 bits per heavy atom. The van der Waals surface area contributed by atoms with Crippen LogP contribution in [0.25, 0.3) is 33.1 Å². The topological polar surface area (TPSA) is 283 Å². The number of aliphatic hydroxyl groups excluding tert-OH is 4. The van der Waals surface area contributed by atoms with Gasteiger partial charge in [-0.1, -0.05) is 166 Å². The van der Waals surface area contributed by atoms with Crippen molar-refractivity contribution in [1.82, 2.24) is 29.1 Å². The van der Waals surface area contributed by atoms with Gasteiger partial charge in [0, 0.05) is 58.7 Å². The Morgan fingerprint density at radius 3 is 1.28 bits per heavy atom. The average Bonchev–Trinajstić information content (AvgIpc) is 1.64. The molecule has 3 aliphatic rings. The summed E-state index contributed by atoms with van der Waals surface area (Å²) < 4.78 is 80.0. The number of fused-ring (bicyclic) bond motifs is 3. The summed E-state index contributed by atoms with van der Waals surface area (Å²) in [5.74, 6) is 3.58. The number of aromatic hydroxyl groups is 1. The Morgan fingerprint density at radius 2 is 0.862 bits per heavy atom. The third kappa shape index (κ3) is 31.1. The van der Waals surface area contributed by atoms with Crippen LogP contribution in [-0.4, -0.2) is 173 Å². The first-order valence-corrected chi connectivity index (χ1v) is 56.4. The van der Waals surface area contributed by atoms with Crippen LogP contribution in [0.3, 0.4) is 0 Å².